The second-order valence-corrected chi connectivity index (χ2v) is 11.4. The molecule has 0 unspecified atom stereocenters. The third-order valence-electron chi connectivity index (χ3n) is 8.28. The van der Waals surface area contributed by atoms with Crippen molar-refractivity contribution in [3.05, 3.63) is 35.7 Å². The van der Waals surface area contributed by atoms with Crippen molar-refractivity contribution in [2.75, 3.05) is 75.1 Å². The zero-order valence-corrected chi connectivity index (χ0v) is 24.1. The van der Waals surface area contributed by atoms with Gasteiger partial charge in [-0.15, -0.1) is 0 Å². The summed E-state index contributed by atoms with van der Waals surface area (Å²) in [5.41, 5.74) is 8.70. The van der Waals surface area contributed by atoms with E-state index in [4.69, 9.17) is 15.5 Å². The molecule has 5 rings (SSSR count). The first kappa shape index (κ1) is 32.5. The van der Waals surface area contributed by atoms with Crippen molar-refractivity contribution in [3.8, 4) is 0 Å². The van der Waals surface area contributed by atoms with Crippen LogP contribution in [-0.4, -0.2) is 97.3 Å². The summed E-state index contributed by atoms with van der Waals surface area (Å²) in [5, 5.41) is 6.86. The second kappa shape index (κ2) is 14.7. The number of benzene rings is 1. The molecule has 3 aliphatic rings. The number of nitrogens with zero attached hydrogens (tertiary/aromatic N) is 5. The highest BCUT2D eigenvalue weighted by atomic mass is 19.0. The van der Waals surface area contributed by atoms with Crippen LogP contribution in [0.2, 0.25) is 0 Å². The number of aromatic nitrogens is 2. The summed E-state index contributed by atoms with van der Waals surface area (Å²) in [5.74, 6) is 0.572. The Bertz CT molecular complexity index is 1110. The van der Waals surface area contributed by atoms with Gasteiger partial charge in [-0.2, -0.15) is 0 Å². The summed E-state index contributed by atoms with van der Waals surface area (Å²) in [6, 6.07) is 9.31. The van der Waals surface area contributed by atoms with Gasteiger partial charge in [-0.25, -0.2) is 9.97 Å². The number of halogens is 1. The van der Waals surface area contributed by atoms with Crippen LogP contribution in [0.5, 0.6) is 0 Å². The fraction of sp³-hybridized carbons (Fsp3) is 0.633. The van der Waals surface area contributed by atoms with Crippen LogP contribution >= 0.6 is 0 Å². The number of anilines is 4. The average molecular weight is 573 g/mol. The third-order valence-corrected chi connectivity index (χ3v) is 8.28. The summed E-state index contributed by atoms with van der Waals surface area (Å²) in [4.78, 5) is 29.4. The molecule has 2 aromatic rings. The van der Waals surface area contributed by atoms with E-state index in [1.165, 1.54) is 44.7 Å². The van der Waals surface area contributed by atoms with Gasteiger partial charge in [0.2, 0.25) is 0 Å². The van der Waals surface area contributed by atoms with Gasteiger partial charge in [0.15, 0.2) is 17.3 Å². The molecule has 1 aromatic carbocycles. The monoisotopic (exact) mass is 572 g/mol. The number of piperazine rings is 1. The van der Waals surface area contributed by atoms with E-state index in [9.17, 15) is 4.79 Å². The first-order valence-corrected chi connectivity index (χ1v) is 14.5. The number of ether oxygens (including phenoxy) is 1. The van der Waals surface area contributed by atoms with Gasteiger partial charge >= 0.3 is 0 Å². The molecule has 3 aliphatic heterocycles. The maximum atomic E-state index is 12.3. The van der Waals surface area contributed by atoms with Gasteiger partial charge in [0, 0.05) is 75.9 Å². The van der Waals surface area contributed by atoms with Crippen LogP contribution in [0.1, 0.15) is 69.1 Å². The van der Waals surface area contributed by atoms with Gasteiger partial charge in [-0.05, 0) is 62.9 Å². The van der Waals surface area contributed by atoms with Gasteiger partial charge in [0.25, 0.3) is 5.91 Å². The molecule has 0 saturated carbocycles. The van der Waals surface area contributed by atoms with Crippen molar-refractivity contribution >= 4 is 28.9 Å². The molecule has 10 nitrogen and oxygen atoms in total. The summed E-state index contributed by atoms with van der Waals surface area (Å²) in [7, 11) is 2.21. The van der Waals surface area contributed by atoms with Crippen LogP contribution in [0.3, 0.4) is 0 Å². The second-order valence-electron chi connectivity index (χ2n) is 11.4. The van der Waals surface area contributed by atoms with Crippen molar-refractivity contribution in [1.29, 1.82) is 0 Å². The normalized spacial score (nSPS) is 19.4. The van der Waals surface area contributed by atoms with E-state index < -0.39 is 5.91 Å². The molecule has 0 atom stereocenters. The van der Waals surface area contributed by atoms with E-state index in [-0.39, 0.29) is 29.8 Å². The van der Waals surface area contributed by atoms with E-state index in [0.29, 0.717) is 17.7 Å². The fourth-order valence-corrected chi connectivity index (χ4v) is 5.82. The molecular formula is C30H49FN8O2. The number of carbonyl (C=O) groups excluding carboxylic acids is 1. The lowest BCUT2D eigenvalue weighted by Gasteiger charge is -2.42. The average Bonchev–Trinajstić information content (AvgIpc) is 2.94. The molecule has 0 aliphatic carbocycles. The predicted octanol–water partition coefficient (Wildman–Crippen LogP) is 4.04. The van der Waals surface area contributed by atoms with Crippen LogP contribution in [-0.2, 0) is 4.74 Å². The van der Waals surface area contributed by atoms with Gasteiger partial charge in [-0.3, -0.25) is 14.4 Å². The van der Waals surface area contributed by atoms with Gasteiger partial charge < -0.3 is 30.9 Å². The minimum Gasteiger partial charge on any atom is -0.381 e. The molecule has 228 valence electrons. The first-order chi connectivity index (χ1) is 18.9. The molecule has 3 saturated heterocycles. The molecule has 0 spiro atoms. The summed E-state index contributed by atoms with van der Waals surface area (Å²) < 4.78 is 5.50. The number of hydrogen-bond donors (Lipinski definition) is 3. The SMILES string of the molecule is C.CC(C)c1nc(C(N)=O)c(Nc2ccc(N3CCC(N4CCN(C)CC4)CC3)cc2)nc1NC1CCOCC1.F. The first-order valence-electron chi connectivity index (χ1n) is 14.5. The zero-order chi connectivity index (χ0) is 27.4. The number of nitrogens with two attached hydrogens (primary N) is 1. The quantitative estimate of drug-likeness (QED) is 0.432. The van der Waals surface area contributed by atoms with E-state index in [2.05, 4.69) is 49.5 Å². The lowest BCUT2D eigenvalue weighted by atomic mass is 10.0. The number of rotatable bonds is 8. The number of piperidine rings is 1. The fourth-order valence-electron chi connectivity index (χ4n) is 5.82. The molecule has 1 amide bonds. The smallest absolute Gasteiger partial charge is 0.271 e. The number of amides is 1. The molecule has 0 radical (unpaired) electrons. The Morgan fingerprint density at radius 3 is 2.17 bits per heavy atom. The Hall–Kier alpha value is -3.02. The van der Waals surface area contributed by atoms with Crippen molar-refractivity contribution in [2.45, 2.75) is 65.0 Å². The molecule has 4 N–H and O–H groups in total. The van der Waals surface area contributed by atoms with E-state index in [0.717, 1.165) is 50.5 Å². The number of hydrogen-bond acceptors (Lipinski definition) is 9. The third kappa shape index (κ3) is 8.05. The van der Waals surface area contributed by atoms with Crippen molar-refractivity contribution in [2.24, 2.45) is 5.73 Å². The Morgan fingerprint density at radius 1 is 0.951 bits per heavy atom. The summed E-state index contributed by atoms with van der Waals surface area (Å²) >= 11 is 0. The molecule has 1 aromatic heterocycles. The minimum absolute atomic E-state index is 0. The van der Waals surface area contributed by atoms with E-state index in [1.54, 1.807) is 0 Å². The maximum Gasteiger partial charge on any atom is 0.271 e. The van der Waals surface area contributed by atoms with Crippen LogP contribution in [0, 0.1) is 0 Å². The minimum atomic E-state index is -0.593. The van der Waals surface area contributed by atoms with Crippen molar-refractivity contribution < 1.29 is 14.2 Å². The van der Waals surface area contributed by atoms with E-state index >= 15 is 0 Å². The standard InChI is InChI=1S/C29H44N8O2.CH4.FH/c1-20(2)25-28(32-22-10-18-39-19-11-22)34-29(26(33-25)27(30)38)31-21-4-6-23(7-5-21)36-12-8-24(9-13-36)37-16-14-35(3)15-17-37;;/h4-7,20,22,24H,8-19H2,1-3H3,(H2,30,38)(H2,31,32,34);1H4;1H. The van der Waals surface area contributed by atoms with Gasteiger partial charge in [0.1, 0.15) is 0 Å². The Balaban J connectivity index is 0.00000231. The zero-order valence-electron chi connectivity index (χ0n) is 24.1. The lowest BCUT2D eigenvalue weighted by Crippen LogP contribution is -2.52. The lowest BCUT2D eigenvalue weighted by molar-refractivity contribution is 0.0903. The Kier molecular flexibility index (Phi) is 11.7. The van der Waals surface area contributed by atoms with Crippen molar-refractivity contribution in [3.63, 3.8) is 0 Å². The maximum absolute atomic E-state index is 12.3. The highest BCUT2D eigenvalue weighted by Crippen LogP contribution is 2.29. The Morgan fingerprint density at radius 2 is 1.59 bits per heavy atom. The van der Waals surface area contributed by atoms with Crippen molar-refractivity contribution in [1.82, 2.24) is 19.8 Å². The molecule has 4 heterocycles. The number of nitrogens with one attached hydrogen (secondary N) is 2. The van der Waals surface area contributed by atoms with Crippen LogP contribution in [0.25, 0.3) is 0 Å². The number of likely N-dealkylation sites (N-methyl/N-ethyl adjacent to an activating group) is 1. The largest absolute Gasteiger partial charge is 0.381 e. The van der Waals surface area contributed by atoms with Gasteiger partial charge in [0.05, 0.1) is 5.69 Å². The Labute approximate surface area is 244 Å². The van der Waals surface area contributed by atoms with Gasteiger partial charge in [-0.1, -0.05) is 21.3 Å². The van der Waals surface area contributed by atoms with Crippen LogP contribution in [0.15, 0.2) is 24.3 Å². The highest BCUT2D eigenvalue weighted by molar-refractivity contribution is 5.96. The summed E-state index contributed by atoms with van der Waals surface area (Å²) in [6.45, 7) is 12.4. The molecular weight excluding hydrogens is 523 g/mol. The van der Waals surface area contributed by atoms with E-state index in [1.807, 2.05) is 26.0 Å². The number of primary amides is 1. The van der Waals surface area contributed by atoms with Crippen LogP contribution < -0.4 is 21.3 Å². The topological polar surface area (TPSA) is 112 Å². The summed E-state index contributed by atoms with van der Waals surface area (Å²) in [6.07, 6.45) is 4.22. The predicted molar refractivity (Wildman–Crippen MR) is 165 cm³/mol. The molecule has 11 heteroatoms. The molecule has 41 heavy (non-hydrogen) atoms. The molecule has 3 fully saturated rings. The number of carbonyl (C=O) groups is 1. The van der Waals surface area contributed by atoms with Crippen LogP contribution in [0.4, 0.5) is 27.7 Å². The molecule has 0 bridgehead atoms. The highest BCUT2D eigenvalue weighted by Gasteiger charge is 2.27.